The average molecular weight is 255 g/mol. The molecule has 5 nitrogen and oxygen atoms in total. The van der Waals surface area contributed by atoms with E-state index in [0.717, 1.165) is 39.3 Å². The van der Waals surface area contributed by atoms with Crippen molar-refractivity contribution >= 4 is 5.97 Å². The van der Waals surface area contributed by atoms with E-state index in [2.05, 4.69) is 15.1 Å². The fourth-order valence-corrected chi connectivity index (χ4v) is 2.37. The molecule has 0 amide bonds. The predicted octanol–water partition coefficient (Wildman–Crippen LogP) is -0.0825. The summed E-state index contributed by atoms with van der Waals surface area (Å²) in [6.07, 6.45) is 0. The van der Waals surface area contributed by atoms with Gasteiger partial charge >= 0.3 is 5.97 Å². The standard InChI is InChI=1S/C13H25N3O2/c1-13(2,3)18-12(17)10-15-4-6-16(7-5-15)11-8-14-9-11/h11,14H,4-10H2,1-3H3. The summed E-state index contributed by atoms with van der Waals surface area (Å²) in [6, 6.07) is 0.716. The number of piperazine rings is 1. The van der Waals surface area contributed by atoms with Crippen molar-refractivity contribution in [3.05, 3.63) is 0 Å². The Morgan fingerprint density at radius 2 is 1.83 bits per heavy atom. The van der Waals surface area contributed by atoms with E-state index in [0.29, 0.717) is 12.6 Å². The summed E-state index contributed by atoms with van der Waals surface area (Å²) in [5, 5.41) is 3.30. The molecule has 0 aromatic carbocycles. The lowest BCUT2D eigenvalue weighted by Gasteiger charge is -2.43. The van der Waals surface area contributed by atoms with Crippen molar-refractivity contribution in [1.82, 2.24) is 15.1 Å². The maximum atomic E-state index is 11.7. The number of carbonyl (C=O) groups is 1. The molecule has 5 heteroatoms. The van der Waals surface area contributed by atoms with Crippen molar-refractivity contribution in [1.29, 1.82) is 0 Å². The van der Waals surface area contributed by atoms with E-state index in [1.54, 1.807) is 0 Å². The number of rotatable bonds is 3. The average Bonchev–Trinajstić information content (AvgIpc) is 2.15. The van der Waals surface area contributed by atoms with Crippen LogP contribution in [0, 0.1) is 0 Å². The van der Waals surface area contributed by atoms with Crippen LogP contribution in [0.2, 0.25) is 0 Å². The minimum absolute atomic E-state index is 0.110. The SMILES string of the molecule is CC(C)(C)OC(=O)CN1CCN(C2CNC2)CC1. The molecule has 104 valence electrons. The molecule has 0 radical (unpaired) electrons. The van der Waals surface area contributed by atoms with E-state index < -0.39 is 0 Å². The molecule has 2 fully saturated rings. The van der Waals surface area contributed by atoms with E-state index in [1.165, 1.54) is 0 Å². The van der Waals surface area contributed by atoms with Crippen LogP contribution < -0.4 is 5.32 Å². The van der Waals surface area contributed by atoms with Gasteiger partial charge in [0, 0.05) is 45.3 Å². The maximum Gasteiger partial charge on any atom is 0.320 e. The lowest BCUT2D eigenvalue weighted by molar-refractivity contribution is -0.156. The smallest absolute Gasteiger partial charge is 0.320 e. The Morgan fingerprint density at radius 3 is 2.28 bits per heavy atom. The third-order valence-corrected chi connectivity index (χ3v) is 3.46. The summed E-state index contributed by atoms with van der Waals surface area (Å²) in [5.74, 6) is -0.110. The summed E-state index contributed by atoms with van der Waals surface area (Å²) in [5.41, 5.74) is -0.378. The van der Waals surface area contributed by atoms with Gasteiger partial charge in [-0.2, -0.15) is 0 Å². The van der Waals surface area contributed by atoms with Crippen molar-refractivity contribution in [2.45, 2.75) is 32.4 Å². The summed E-state index contributed by atoms with van der Waals surface area (Å²) >= 11 is 0. The maximum absolute atomic E-state index is 11.7. The molecule has 2 rings (SSSR count). The van der Waals surface area contributed by atoms with Crippen molar-refractivity contribution < 1.29 is 9.53 Å². The number of esters is 1. The second-order valence-corrected chi connectivity index (χ2v) is 6.21. The largest absolute Gasteiger partial charge is 0.459 e. The van der Waals surface area contributed by atoms with Gasteiger partial charge in [-0.05, 0) is 20.8 Å². The zero-order chi connectivity index (χ0) is 13.2. The number of carbonyl (C=O) groups excluding carboxylic acids is 1. The topological polar surface area (TPSA) is 44.8 Å². The number of ether oxygens (including phenoxy) is 1. The molecule has 0 aromatic rings. The highest BCUT2D eigenvalue weighted by molar-refractivity contribution is 5.72. The second-order valence-electron chi connectivity index (χ2n) is 6.21. The molecular formula is C13H25N3O2. The van der Waals surface area contributed by atoms with Gasteiger partial charge in [0.05, 0.1) is 6.54 Å². The highest BCUT2D eigenvalue weighted by atomic mass is 16.6. The number of hydrogen-bond acceptors (Lipinski definition) is 5. The van der Waals surface area contributed by atoms with E-state index in [1.807, 2.05) is 20.8 Å². The molecule has 0 saturated carbocycles. The van der Waals surface area contributed by atoms with E-state index >= 15 is 0 Å². The van der Waals surface area contributed by atoms with Crippen LogP contribution in [-0.2, 0) is 9.53 Å². The first-order chi connectivity index (χ1) is 8.44. The zero-order valence-corrected chi connectivity index (χ0v) is 11.7. The quantitative estimate of drug-likeness (QED) is 0.715. The Hall–Kier alpha value is -0.650. The third kappa shape index (κ3) is 3.93. The Bertz CT molecular complexity index is 289. The third-order valence-electron chi connectivity index (χ3n) is 3.46. The molecule has 0 atom stereocenters. The molecule has 2 saturated heterocycles. The first-order valence-electron chi connectivity index (χ1n) is 6.83. The van der Waals surface area contributed by atoms with Crippen molar-refractivity contribution in [3.8, 4) is 0 Å². The Balaban J connectivity index is 1.68. The lowest BCUT2D eigenvalue weighted by atomic mass is 10.1. The van der Waals surface area contributed by atoms with Gasteiger partial charge in [-0.25, -0.2) is 0 Å². The predicted molar refractivity (Wildman–Crippen MR) is 70.5 cm³/mol. The van der Waals surface area contributed by atoms with Gasteiger partial charge in [-0.3, -0.25) is 14.6 Å². The Kier molecular flexibility index (Phi) is 4.25. The summed E-state index contributed by atoms with van der Waals surface area (Å²) < 4.78 is 5.34. The summed E-state index contributed by atoms with van der Waals surface area (Å²) in [7, 11) is 0. The lowest BCUT2D eigenvalue weighted by Crippen LogP contribution is -2.61. The molecule has 0 spiro atoms. The number of nitrogens with one attached hydrogen (secondary N) is 1. The first kappa shape index (κ1) is 13.8. The Labute approximate surface area is 109 Å². The van der Waals surface area contributed by atoms with Gasteiger partial charge < -0.3 is 10.1 Å². The van der Waals surface area contributed by atoms with Gasteiger partial charge in [-0.1, -0.05) is 0 Å². The van der Waals surface area contributed by atoms with Gasteiger partial charge in [0.2, 0.25) is 0 Å². The van der Waals surface area contributed by atoms with Crippen LogP contribution in [0.15, 0.2) is 0 Å². The molecule has 2 heterocycles. The van der Waals surface area contributed by atoms with E-state index in [9.17, 15) is 4.79 Å². The molecule has 18 heavy (non-hydrogen) atoms. The molecule has 0 aromatic heterocycles. The molecule has 1 N–H and O–H groups in total. The van der Waals surface area contributed by atoms with Gasteiger partial charge in [-0.15, -0.1) is 0 Å². The highest BCUT2D eigenvalue weighted by Crippen LogP contribution is 2.11. The monoisotopic (exact) mass is 255 g/mol. The van der Waals surface area contributed by atoms with Gasteiger partial charge in [0.25, 0.3) is 0 Å². The first-order valence-corrected chi connectivity index (χ1v) is 6.83. The minimum atomic E-state index is -0.378. The minimum Gasteiger partial charge on any atom is -0.459 e. The molecule has 2 aliphatic rings. The highest BCUT2D eigenvalue weighted by Gasteiger charge is 2.28. The van der Waals surface area contributed by atoms with Crippen molar-refractivity contribution in [3.63, 3.8) is 0 Å². The van der Waals surface area contributed by atoms with Crippen LogP contribution >= 0.6 is 0 Å². The molecule has 0 aliphatic carbocycles. The normalized spacial score (nSPS) is 23.7. The van der Waals surface area contributed by atoms with Crippen molar-refractivity contribution in [2.24, 2.45) is 0 Å². The van der Waals surface area contributed by atoms with Crippen molar-refractivity contribution in [2.75, 3.05) is 45.8 Å². The van der Waals surface area contributed by atoms with Gasteiger partial charge in [0.15, 0.2) is 0 Å². The van der Waals surface area contributed by atoms with Crippen LogP contribution in [0.25, 0.3) is 0 Å². The van der Waals surface area contributed by atoms with Crippen LogP contribution in [0.4, 0.5) is 0 Å². The van der Waals surface area contributed by atoms with E-state index in [-0.39, 0.29) is 11.6 Å². The molecule has 0 unspecified atom stereocenters. The van der Waals surface area contributed by atoms with E-state index in [4.69, 9.17) is 4.74 Å². The summed E-state index contributed by atoms with van der Waals surface area (Å²) in [4.78, 5) is 16.4. The molecule has 0 bridgehead atoms. The van der Waals surface area contributed by atoms with Crippen LogP contribution in [0.5, 0.6) is 0 Å². The fraction of sp³-hybridized carbons (Fsp3) is 0.923. The molecule has 2 aliphatic heterocycles. The Morgan fingerprint density at radius 1 is 1.22 bits per heavy atom. The summed E-state index contributed by atoms with van der Waals surface area (Å²) in [6.45, 7) is 12.5. The molecular weight excluding hydrogens is 230 g/mol. The van der Waals surface area contributed by atoms with Crippen LogP contribution in [-0.4, -0.2) is 73.2 Å². The zero-order valence-electron chi connectivity index (χ0n) is 11.7. The fourth-order valence-electron chi connectivity index (χ4n) is 2.37. The number of hydrogen-bond donors (Lipinski definition) is 1. The van der Waals surface area contributed by atoms with Crippen LogP contribution in [0.3, 0.4) is 0 Å². The second kappa shape index (κ2) is 5.55. The van der Waals surface area contributed by atoms with Gasteiger partial charge in [0.1, 0.15) is 5.60 Å². The van der Waals surface area contributed by atoms with Crippen LogP contribution in [0.1, 0.15) is 20.8 Å². The number of nitrogens with zero attached hydrogens (tertiary/aromatic N) is 2.